The van der Waals surface area contributed by atoms with Crippen LogP contribution in [0, 0.1) is 0 Å². The minimum Gasteiger partial charge on any atom is -0.478 e. The zero-order chi connectivity index (χ0) is 12.0. The molecule has 6 heteroatoms. The summed E-state index contributed by atoms with van der Waals surface area (Å²) in [5.74, 6) is -3.12. The first-order valence-corrected chi connectivity index (χ1v) is 4.32. The summed E-state index contributed by atoms with van der Waals surface area (Å²) in [6.07, 6.45) is 1.27. The molecule has 0 aliphatic carbocycles. The van der Waals surface area contributed by atoms with E-state index in [2.05, 4.69) is 4.74 Å². The van der Waals surface area contributed by atoms with Crippen molar-refractivity contribution in [3.63, 3.8) is 0 Å². The zero-order valence-corrected chi connectivity index (χ0v) is 9.35. The van der Waals surface area contributed by atoms with E-state index in [-0.39, 0.29) is 18.0 Å². The summed E-state index contributed by atoms with van der Waals surface area (Å²) in [7, 11) is 0. The molecule has 0 radical (unpaired) electrons. The smallest absolute Gasteiger partial charge is 0.346 e. The molecule has 0 bridgehead atoms. The lowest BCUT2D eigenvalue weighted by atomic mass is 10.2. The third-order valence-corrected chi connectivity index (χ3v) is 1.56. The third kappa shape index (κ3) is 5.48. The van der Waals surface area contributed by atoms with Crippen LogP contribution in [0.25, 0.3) is 0 Å². The zero-order valence-electron chi connectivity index (χ0n) is 8.53. The van der Waals surface area contributed by atoms with Gasteiger partial charge in [-0.05, 0) is 12.1 Å². The molecule has 0 aliphatic rings. The molecule has 0 aliphatic heterocycles. The monoisotopic (exact) mass is 256 g/mol. The Balaban J connectivity index is 0.00000256. The molecule has 90 valence electrons. The molecule has 0 saturated carbocycles. The number of carboxylic acids is 1. The number of carbonyl (C=O) groups is 3. The van der Waals surface area contributed by atoms with Gasteiger partial charge in [0.2, 0.25) is 0 Å². The summed E-state index contributed by atoms with van der Waals surface area (Å²) in [5, 5.41) is 8.23. The Morgan fingerprint density at radius 1 is 1.06 bits per heavy atom. The van der Waals surface area contributed by atoms with Crippen LogP contribution in [0.2, 0.25) is 0 Å². The fraction of sp³-hybridized carbons (Fsp3) is 0. The molecule has 0 spiro atoms. The van der Waals surface area contributed by atoms with Crippen LogP contribution < -0.4 is 0 Å². The van der Waals surface area contributed by atoms with Crippen LogP contribution in [-0.2, 0) is 14.3 Å². The average molecular weight is 257 g/mol. The predicted octanol–water partition coefficient (Wildman–Crippen LogP) is 1.43. The van der Waals surface area contributed by atoms with Gasteiger partial charge < -0.3 is 9.84 Å². The predicted molar refractivity (Wildman–Crippen MR) is 60.9 cm³/mol. The number of benzene rings is 1. The quantitative estimate of drug-likeness (QED) is 0.503. The molecule has 0 amide bonds. The first kappa shape index (κ1) is 14.9. The minimum atomic E-state index is -1.29. The molecule has 0 heterocycles. The second-order valence-corrected chi connectivity index (χ2v) is 2.75. The van der Waals surface area contributed by atoms with Crippen molar-refractivity contribution < 1.29 is 24.2 Å². The van der Waals surface area contributed by atoms with Crippen LogP contribution in [0.5, 0.6) is 0 Å². The van der Waals surface area contributed by atoms with Crippen molar-refractivity contribution in [3.05, 3.63) is 48.0 Å². The van der Waals surface area contributed by atoms with Gasteiger partial charge in [0.05, 0.1) is 5.56 Å². The first-order valence-electron chi connectivity index (χ1n) is 4.32. The average Bonchev–Trinajstić information content (AvgIpc) is 2.27. The molecule has 0 atom stereocenters. The lowest BCUT2D eigenvalue weighted by Crippen LogP contribution is -2.10. The van der Waals surface area contributed by atoms with Crippen molar-refractivity contribution >= 4 is 30.3 Å². The van der Waals surface area contributed by atoms with E-state index >= 15 is 0 Å². The maximum absolute atomic E-state index is 11.3. The molecule has 1 aromatic carbocycles. The second kappa shape index (κ2) is 7.19. The van der Waals surface area contributed by atoms with Gasteiger partial charge in [0.1, 0.15) is 0 Å². The van der Waals surface area contributed by atoms with Crippen molar-refractivity contribution in [2.45, 2.75) is 0 Å². The van der Waals surface area contributed by atoms with Crippen molar-refractivity contribution in [2.75, 3.05) is 0 Å². The Morgan fingerprint density at radius 2 is 1.65 bits per heavy atom. The number of carboxylic acid groups (broad SMARTS) is 1. The maximum Gasteiger partial charge on any atom is 0.346 e. The summed E-state index contributed by atoms with van der Waals surface area (Å²) in [6, 6.07) is 7.91. The standard InChI is InChI=1S/C11H8O5.ClH/c12-9(13)6-7-10(14)16-11(15)8-4-2-1-3-5-8;/h1-7H,(H,12,13);1H. The number of hydrogen-bond donors (Lipinski definition) is 1. The van der Waals surface area contributed by atoms with Gasteiger partial charge in [-0.2, -0.15) is 0 Å². The Hall–Kier alpha value is -2.14. The second-order valence-electron chi connectivity index (χ2n) is 2.75. The van der Waals surface area contributed by atoms with Gasteiger partial charge in [-0.3, -0.25) is 0 Å². The molecule has 0 aromatic heterocycles. The van der Waals surface area contributed by atoms with Crippen LogP contribution in [0.15, 0.2) is 42.5 Å². The highest BCUT2D eigenvalue weighted by Gasteiger charge is 2.09. The number of rotatable bonds is 3. The van der Waals surface area contributed by atoms with Gasteiger partial charge in [-0.25, -0.2) is 14.4 Å². The Labute approximate surface area is 103 Å². The summed E-state index contributed by atoms with van der Waals surface area (Å²) < 4.78 is 4.36. The maximum atomic E-state index is 11.3. The largest absolute Gasteiger partial charge is 0.478 e. The van der Waals surface area contributed by atoms with E-state index in [1.807, 2.05) is 0 Å². The third-order valence-electron chi connectivity index (χ3n) is 1.56. The van der Waals surface area contributed by atoms with E-state index in [1.165, 1.54) is 12.1 Å². The highest BCUT2D eigenvalue weighted by atomic mass is 35.5. The summed E-state index contributed by atoms with van der Waals surface area (Å²) >= 11 is 0. The molecular formula is C11H9ClO5. The van der Waals surface area contributed by atoms with Gasteiger partial charge in [0.25, 0.3) is 0 Å². The van der Waals surface area contributed by atoms with Crippen LogP contribution >= 0.6 is 12.4 Å². The molecule has 0 saturated heterocycles. The van der Waals surface area contributed by atoms with Gasteiger partial charge in [0.15, 0.2) is 0 Å². The number of ether oxygens (including phenoxy) is 1. The molecule has 5 nitrogen and oxygen atoms in total. The van der Waals surface area contributed by atoms with Crippen molar-refractivity contribution in [2.24, 2.45) is 0 Å². The lowest BCUT2D eigenvalue weighted by Gasteiger charge is -1.98. The van der Waals surface area contributed by atoms with Crippen LogP contribution in [0.3, 0.4) is 0 Å². The van der Waals surface area contributed by atoms with Crippen LogP contribution in [0.4, 0.5) is 0 Å². The summed E-state index contributed by atoms with van der Waals surface area (Å²) in [5.41, 5.74) is 0.222. The highest BCUT2D eigenvalue weighted by Crippen LogP contribution is 2.01. The van der Waals surface area contributed by atoms with E-state index in [4.69, 9.17) is 5.11 Å². The Kier molecular flexibility index (Phi) is 6.28. The van der Waals surface area contributed by atoms with Crippen molar-refractivity contribution in [1.82, 2.24) is 0 Å². The molecule has 1 N–H and O–H groups in total. The number of carbonyl (C=O) groups excluding carboxylic acids is 2. The van der Waals surface area contributed by atoms with Gasteiger partial charge in [-0.15, -0.1) is 12.4 Å². The van der Waals surface area contributed by atoms with E-state index in [9.17, 15) is 14.4 Å². The minimum absolute atomic E-state index is 0. The number of hydrogen-bond acceptors (Lipinski definition) is 4. The SMILES string of the molecule is Cl.O=C(O)C=CC(=O)OC(=O)c1ccccc1. The first-order chi connectivity index (χ1) is 7.59. The van der Waals surface area contributed by atoms with E-state index < -0.39 is 17.9 Å². The number of aliphatic carboxylic acids is 1. The number of halogens is 1. The molecule has 0 unspecified atom stereocenters. The Bertz CT molecular complexity index is 438. The molecule has 17 heavy (non-hydrogen) atoms. The molecule has 1 aromatic rings. The van der Waals surface area contributed by atoms with Gasteiger partial charge in [-0.1, -0.05) is 18.2 Å². The van der Waals surface area contributed by atoms with Crippen LogP contribution in [0.1, 0.15) is 10.4 Å². The van der Waals surface area contributed by atoms with Crippen LogP contribution in [-0.4, -0.2) is 23.0 Å². The highest BCUT2D eigenvalue weighted by molar-refractivity contribution is 6.01. The normalized spacial score (nSPS) is 9.41. The van der Waals surface area contributed by atoms with Gasteiger partial charge in [0, 0.05) is 12.2 Å². The lowest BCUT2D eigenvalue weighted by molar-refractivity contribution is -0.134. The van der Waals surface area contributed by atoms with E-state index in [1.54, 1.807) is 18.2 Å². The summed E-state index contributed by atoms with van der Waals surface area (Å²) in [4.78, 5) is 32.3. The fourth-order valence-electron chi connectivity index (χ4n) is 0.898. The Morgan fingerprint density at radius 3 is 2.18 bits per heavy atom. The fourth-order valence-corrected chi connectivity index (χ4v) is 0.898. The van der Waals surface area contributed by atoms with E-state index in [0.717, 1.165) is 0 Å². The molecule has 0 fully saturated rings. The van der Waals surface area contributed by atoms with Crippen molar-refractivity contribution in [3.8, 4) is 0 Å². The molecular weight excluding hydrogens is 248 g/mol. The van der Waals surface area contributed by atoms with Gasteiger partial charge >= 0.3 is 17.9 Å². The number of esters is 2. The van der Waals surface area contributed by atoms with E-state index in [0.29, 0.717) is 12.2 Å². The molecule has 1 rings (SSSR count). The topological polar surface area (TPSA) is 80.7 Å². The van der Waals surface area contributed by atoms with Crippen molar-refractivity contribution in [1.29, 1.82) is 0 Å². The summed E-state index contributed by atoms with van der Waals surface area (Å²) in [6.45, 7) is 0.